The highest BCUT2D eigenvalue weighted by molar-refractivity contribution is 9.10. The number of rotatable bonds is 7. The number of hydrogen-bond acceptors (Lipinski definition) is 4. The van der Waals surface area contributed by atoms with Gasteiger partial charge in [-0.15, -0.1) is 0 Å². The molecule has 2 aromatic carbocycles. The van der Waals surface area contributed by atoms with Gasteiger partial charge in [0.25, 0.3) is 0 Å². The van der Waals surface area contributed by atoms with E-state index in [1.165, 1.54) is 24.8 Å². The first-order valence-corrected chi connectivity index (χ1v) is 9.94. The van der Waals surface area contributed by atoms with Crippen molar-refractivity contribution in [3.8, 4) is 11.4 Å². The Balaban J connectivity index is 1.31. The maximum Gasteiger partial charge on any atom is 0.227 e. The Bertz CT molecular complexity index is 841. The molecule has 4 nitrogen and oxygen atoms in total. The average Bonchev–Trinajstić information content (AvgIpc) is 3.11. The van der Waals surface area contributed by atoms with Crippen LogP contribution >= 0.6 is 15.9 Å². The summed E-state index contributed by atoms with van der Waals surface area (Å²) >= 11 is 3.52. The third kappa shape index (κ3) is 3.74. The molecular weight excluding hydrogens is 390 g/mol. The highest BCUT2D eigenvalue weighted by Crippen LogP contribution is 2.41. The first-order valence-electron chi connectivity index (χ1n) is 9.14. The summed E-state index contributed by atoms with van der Waals surface area (Å²) in [5.74, 6) is 1.37. The molecule has 0 spiro atoms. The van der Waals surface area contributed by atoms with E-state index in [2.05, 4.69) is 55.7 Å². The lowest BCUT2D eigenvalue weighted by molar-refractivity contribution is 0.185. The van der Waals surface area contributed by atoms with Crippen LogP contribution in [0.1, 0.15) is 37.1 Å². The summed E-state index contributed by atoms with van der Waals surface area (Å²) in [4.78, 5) is 4.51. The van der Waals surface area contributed by atoms with E-state index in [1.54, 1.807) is 0 Å². The van der Waals surface area contributed by atoms with E-state index >= 15 is 0 Å². The van der Waals surface area contributed by atoms with Crippen LogP contribution in [0.5, 0.6) is 0 Å². The number of aryl methyl sites for hydroxylation is 1. The summed E-state index contributed by atoms with van der Waals surface area (Å²) in [5.41, 5.74) is 2.52. The van der Waals surface area contributed by atoms with Gasteiger partial charge in [0.2, 0.25) is 11.7 Å². The van der Waals surface area contributed by atoms with Crippen LogP contribution in [-0.2, 0) is 12.0 Å². The molecule has 1 aliphatic rings. The third-order valence-corrected chi connectivity index (χ3v) is 5.66. The zero-order valence-corrected chi connectivity index (χ0v) is 16.2. The van der Waals surface area contributed by atoms with Crippen molar-refractivity contribution in [2.45, 2.75) is 37.6 Å². The minimum absolute atomic E-state index is 0.144. The Morgan fingerprint density at radius 2 is 1.81 bits per heavy atom. The molecule has 3 aromatic rings. The van der Waals surface area contributed by atoms with Crippen LogP contribution < -0.4 is 5.32 Å². The maximum atomic E-state index is 5.40. The van der Waals surface area contributed by atoms with Gasteiger partial charge < -0.3 is 9.84 Å². The molecule has 0 amide bonds. The van der Waals surface area contributed by atoms with Crippen molar-refractivity contribution in [2.75, 3.05) is 6.54 Å². The van der Waals surface area contributed by atoms with Gasteiger partial charge in [0.15, 0.2) is 0 Å². The van der Waals surface area contributed by atoms with Gasteiger partial charge in [-0.3, -0.25) is 0 Å². The minimum Gasteiger partial charge on any atom is -0.339 e. The van der Waals surface area contributed by atoms with Crippen LogP contribution in [0.4, 0.5) is 0 Å². The lowest BCUT2D eigenvalue weighted by atomic mass is 9.72. The molecule has 26 heavy (non-hydrogen) atoms. The molecule has 0 atom stereocenters. The molecule has 4 rings (SSSR count). The Kier molecular flexibility index (Phi) is 5.18. The molecule has 0 aliphatic heterocycles. The molecule has 134 valence electrons. The van der Waals surface area contributed by atoms with E-state index in [9.17, 15) is 0 Å². The van der Waals surface area contributed by atoms with Crippen LogP contribution in [0.25, 0.3) is 11.4 Å². The van der Waals surface area contributed by atoms with E-state index in [1.807, 2.05) is 30.3 Å². The molecule has 0 saturated heterocycles. The van der Waals surface area contributed by atoms with E-state index in [0.717, 1.165) is 29.4 Å². The molecule has 1 aliphatic carbocycles. The predicted octanol–water partition coefficient (Wildman–Crippen LogP) is 5.10. The minimum atomic E-state index is 0.144. The zero-order chi connectivity index (χ0) is 17.8. The zero-order valence-electron chi connectivity index (χ0n) is 14.6. The van der Waals surface area contributed by atoms with Crippen LogP contribution in [0, 0.1) is 0 Å². The number of nitrogens with zero attached hydrogens (tertiary/aromatic N) is 2. The van der Waals surface area contributed by atoms with Gasteiger partial charge in [-0.1, -0.05) is 63.6 Å². The normalized spacial score (nSPS) is 15.6. The fraction of sp³-hybridized carbons (Fsp3) is 0.333. The smallest absolute Gasteiger partial charge is 0.227 e. The SMILES string of the molecule is Brc1ccc(C2(NCCCc3nc(-c4ccccc4)no3)CCC2)cc1. The van der Waals surface area contributed by atoms with Gasteiger partial charge in [0.05, 0.1) is 0 Å². The highest BCUT2D eigenvalue weighted by Gasteiger charge is 2.37. The van der Waals surface area contributed by atoms with Gasteiger partial charge >= 0.3 is 0 Å². The van der Waals surface area contributed by atoms with E-state index in [0.29, 0.717) is 11.7 Å². The summed E-state index contributed by atoms with van der Waals surface area (Å²) in [6, 6.07) is 18.6. The summed E-state index contributed by atoms with van der Waals surface area (Å²) in [5, 5.41) is 7.86. The standard InChI is InChI=1S/C21H22BrN3O/c22-18-11-9-17(10-12-18)21(13-5-14-21)23-15-4-8-19-24-20(25-26-19)16-6-2-1-3-7-16/h1-3,6-7,9-12,23H,4-5,8,13-15H2. The predicted molar refractivity (Wildman–Crippen MR) is 106 cm³/mol. The van der Waals surface area contributed by atoms with E-state index < -0.39 is 0 Å². The maximum absolute atomic E-state index is 5.40. The topological polar surface area (TPSA) is 51.0 Å². The first-order chi connectivity index (χ1) is 12.8. The van der Waals surface area contributed by atoms with Crippen molar-refractivity contribution in [3.05, 3.63) is 70.5 Å². The Hall–Kier alpha value is -1.98. The highest BCUT2D eigenvalue weighted by atomic mass is 79.9. The molecule has 0 radical (unpaired) electrons. The lowest BCUT2D eigenvalue weighted by Gasteiger charge is -2.43. The van der Waals surface area contributed by atoms with Crippen molar-refractivity contribution in [1.29, 1.82) is 0 Å². The summed E-state index contributed by atoms with van der Waals surface area (Å²) in [7, 11) is 0. The average molecular weight is 412 g/mol. The fourth-order valence-electron chi connectivity index (χ4n) is 3.49. The first kappa shape index (κ1) is 17.4. The quantitative estimate of drug-likeness (QED) is 0.549. The monoisotopic (exact) mass is 411 g/mol. The summed E-state index contributed by atoms with van der Waals surface area (Å²) < 4.78 is 6.52. The lowest BCUT2D eigenvalue weighted by Crippen LogP contribution is -2.48. The second kappa shape index (κ2) is 7.72. The second-order valence-corrected chi connectivity index (χ2v) is 7.77. The van der Waals surface area contributed by atoms with Gasteiger partial charge in [0, 0.05) is 22.0 Å². The molecular formula is C21H22BrN3O. The fourth-order valence-corrected chi connectivity index (χ4v) is 3.76. The van der Waals surface area contributed by atoms with Crippen molar-refractivity contribution < 1.29 is 4.52 Å². The molecule has 1 aromatic heterocycles. The number of hydrogen-bond donors (Lipinski definition) is 1. The number of nitrogens with one attached hydrogen (secondary N) is 1. The Morgan fingerprint density at radius 1 is 1.04 bits per heavy atom. The molecule has 0 unspecified atom stereocenters. The van der Waals surface area contributed by atoms with E-state index in [4.69, 9.17) is 4.52 Å². The van der Waals surface area contributed by atoms with Crippen LogP contribution in [0.15, 0.2) is 63.6 Å². The van der Waals surface area contributed by atoms with Crippen LogP contribution in [-0.4, -0.2) is 16.7 Å². The van der Waals surface area contributed by atoms with Gasteiger partial charge in [-0.25, -0.2) is 0 Å². The van der Waals surface area contributed by atoms with Crippen molar-refractivity contribution >= 4 is 15.9 Å². The summed E-state index contributed by atoms with van der Waals surface area (Å²) in [6.45, 7) is 0.944. The number of halogens is 1. The van der Waals surface area contributed by atoms with Crippen molar-refractivity contribution in [2.24, 2.45) is 0 Å². The van der Waals surface area contributed by atoms with Gasteiger partial charge in [-0.2, -0.15) is 4.98 Å². The van der Waals surface area contributed by atoms with Crippen molar-refractivity contribution in [3.63, 3.8) is 0 Å². The molecule has 0 bridgehead atoms. The molecule has 1 fully saturated rings. The molecule has 1 heterocycles. The molecule has 5 heteroatoms. The van der Waals surface area contributed by atoms with Crippen LogP contribution in [0.3, 0.4) is 0 Å². The van der Waals surface area contributed by atoms with Crippen molar-refractivity contribution in [1.82, 2.24) is 15.5 Å². The molecule has 1 saturated carbocycles. The van der Waals surface area contributed by atoms with Gasteiger partial charge in [-0.05, 0) is 49.9 Å². The van der Waals surface area contributed by atoms with E-state index in [-0.39, 0.29) is 5.54 Å². The largest absolute Gasteiger partial charge is 0.339 e. The summed E-state index contributed by atoms with van der Waals surface area (Å²) in [6.07, 6.45) is 5.46. The second-order valence-electron chi connectivity index (χ2n) is 6.85. The number of aromatic nitrogens is 2. The molecule has 1 N–H and O–H groups in total. The number of benzene rings is 2. The Morgan fingerprint density at radius 3 is 2.50 bits per heavy atom. The third-order valence-electron chi connectivity index (χ3n) is 5.13. The van der Waals surface area contributed by atoms with Gasteiger partial charge in [0.1, 0.15) is 0 Å². The van der Waals surface area contributed by atoms with Crippen LogP contribution in [0.2, 0.25) is 0 Å². The Labute approximate surface area is 162 Å².